The van der Waals surface area contributed by atoms with Gasteiger partial charge in [0, 0.05) is 45.0 Å². The number of imidazole rings is 1. The zero-order chi connectivity index (χ0) is 14.8. The summed E-state index contributed by atoms with van der Waals surface area (Å²) in [6.07, 6.45) is 0. The van der Waals surface area contributed by atoms with E-state index in [1.54, 1.807) is 0 Å². The van der Waals surface area contributed by atoms with Gasteiger partial charge in [-0.15, -0.1) is 0 Å². The summed E-state index contributed by atoms with van der Waals surface area (Å²) in [6.45, 7) is 6.47. The van der Waals surface area contributed by atoms with E-state index in [1.807, 2.05) is 18.2 Å². The van der Waals surface area contributed by atoms with E-state index in [-0.39, 0.29) is 0 Å². The summed E-state index contributed by atoms with van der Waals surface area (Å²) < 4.78 is 0. The standard InChI is InChI=1S/C15H24N6/c1-19(2)5-6-20-7-9-21(10-8-20)15-17-13-4-3-12(16)11-14(13)18-15/h3-4,11H,5-10,16H2,1-2H3,(H,17,18). The number of nitrogens with one attached hydrogen (secondary N) is 1. The Morgan fingerprint density at radius 1 is 1.24 bits per heavy atom. The fourth-order valence-corrected chi connectivity index (χ4v) is 2.69. The molecule has 3 rings (SSSR count). The maximum absolute atomic E-state index is 5.82. The predicted octanol–water partition coefficient (Wildman–Crippen LogP) is 0.829. The molecule has 0 atom stereocenters. The highest BCUT2D eigenvalue weighted by molar-refractivity contribution is 5.80. The first-order valence-electron chi connectivity index (χ1n) is 7.49. The fourth-order valence-electron chi connectivity index (χ4n) is 2.69. The molecule has 1 aromatic heterocycles. The minimum atomic E-state index is 0.770. The number of nitrogen functional groups attached to an aromatic ring is 1. The van der Waals surface area contributed by atoms with Crippen LogP contribution in [0.2, 0.25) is 0 Å². The molecule has 3 N–H and O–H groups in total. The van der Waals surface area contributed by atoms with Crippen molar-refractivity contribution in [3.8, 4) is 0 Å². The molecule has 1 saturated heterocycles. The van der Waals surface area contributed by atoms with Gasteiger partial charge in [0.05, 0.1) is 11.0 Å². The Kier molecular flexibility index (Phi) is 3.98. The Morgan fingerprint density at radius 2 is 2.00 bits per heavy atom. The van der Waals surface area contributed by atoms with Crippen molar-refractivity contribution in [2.24, 2.45) is 0 Å². The van der Waals surface area contributed by atoms with Crippen LogP contribution in [0.5, 0.6) is 0 Å². The predicted molar refractivity (Wildman–Crippen MR) is 87.7 cm³/mol. The zero-order valence-electron chi connectivity index (χ0n) is 12.8. The molecule has 114 valence electrons. The van der Waals surface area contributed by atoms with E-state index in [1.165, 1.54) is 0 Å². The number of H-pyrrole nitrogens is 1. The minimum absolute atomic E-state index is 0.770. The quantitative estimate of drug-likeness (QED) is 0.816. The number of hydrogen-bond acceptors (Lipinski definition) is 5. The smallest absolute Gasteiger partial charge is 0.203 e. The van der Waals surface area contributed by atoms with Crippen molar-refractivity contribution in [2.45, 2.75) is 0 Å². The highest BCUT2D eigenvalue weighted by atomic mass is 15.3. The summed E-state index contributed by atoms with van der Waals surface area (Å²) in [7, 11) is 4.24. The second-order valence-electron chi connectivity index (χ2n) is 5.97. The Balaban J connectivity index is 1.62. The minimum Gasteiger partial charge on any atom is -0.399 e. The first kappa shape index (κ1) is 14.2. The van der Waals surface area contributed by atoms with Crippen molar-refractivity contribution in [1.29, 1.82) is 0 Å². The van der Waals surface area contributed by atoms with Gasteiger partial charge in [-0.05, 0) is 32.3 Å². The van der Waals surface area contributed by atoms with Crippen molar-refractivity contribution in [3.63, 3.8) is 0 Å². The number of anilines is 2. The molecule has 6 nitrogen and oxygen atoms in total. The molecule has 0 radical (unpaired) electrons. The number of piperazine rings is 1. The van der Waals surface area contributed by atoms with Crippen LogP contribution < -0.4 is 10.6 Å². The highest BCUT2D eigenvalue weighted by Gasteiger charge is 2.19. The molecule has 1 aliphatic rings. The second-order valence-corrected chi connectivity index (χ2v) is 5.97. The third-order valence-electron chi connectivity index (χ3n) is 4.03. The van der Waals surface area contributed by atoms with Gasteiger partial charge in [-0.2, -0.15) is 0 Å². The molecule has 21 heavy (non-hydrogen) atoms. The molecule has 0 spiro atoms. The SMILES string of the molecule is CN(C)CCN1CCN(c2nc3ccc(N)cc3[nH]2)CC1. The van der Waals surface area contributed by atoms with Crippen LogP contribution in [0.1, 0.15) is 0 Å². The average Bonchev–Trinajstić information content (AvgIpc) is 2.88. The van der Waals surface area contributed by atoms with Gasteiger partial charge in [-0.1, -0.05) is 0 Å². The zero-order valence-corrected chi connectivity index (χ0v) is 12.8. The molecule has 0 saturated carbocycles. The molecule has 6 heteroatoms. The number of aromatic amines is 1. The first-order chi connectivity index (χ1) is 10.1. The summed E-state index contributed by atoms with van der Waals surface area (Å²) in [5, 5.41) is 0. The van der Waals surface area contributed by atoms with Crippen LogP contribution in [0.4, 0.5) is 11.6 Å². The van der Waals surface area contributed by atoms with Gasteiger partial charge in [-0.3, -0.25) is 4.90 Å². The van der Waals surface area contributed by atoms with E-state index in [0.717, 1.165) is 61.9 Å². The lowest BCUT2D eigenvalue weighted by Gasteiger charge is -2.35. The van der Waals surface area contributed by atoms with Crippen LogP contribution in [0.15, 0.2) is 18.2 Å². The van der Waals surface area contributed by atoms with Gasteiger partial charge in [-0.25, -0.2) is 4.98 Å². The molecule has 2 heterocycles. The van der Waals surface area contributed by atoms with Crippen molar-refractivity contribution in [2.75, 3.05) is 64.0 Å². The number of aromatic nitrogens is 2. The maximum atomic E-state index is 5.82. The van der Waals surface area contributed by atoms with E-state index in [0.29, 0.717) is 0 Å². The lowest BCUT2D eigenvalue weighted by atomic mass is 10.3. The summed E-state index contributed by atoms with van der Waals surface area (Å²) >= 11 is 0. The maximum Gasteiger partial charge on any atom is 0.203 e. The van der Waals surface area contributed by atoms with Gasteiger partial charge in [0.2, 0.25) is 5.95 Å². The van der Waals surface area contributed by atoms with E-state index in [4.69, 9.17) is 5.73 Å². The van der Waals surface area contributed by atoms with Crippen LogP contribution in [0.3, 0.4) is 0 Å². The van der Waals surface area contributed by atoms with Crippen molar-refractivity contribution >= 4 is 22.7 Å². The number of rotatable bonds is 4. The lowest BCUT2D eigenvalue weighted by molar-refractivity contribution is 0.229. The van der Waals surface area contributed by atoms with Crippen LogP contribution >= 0.6 is 0 Å². The van der Waals surface area contributed by atoms with E-state index in [2.05, 4.69) is 38.8 Å². The normalized spacial score (nSPS) is 17.0. The largest absolute Gasteiger partial charge is 0.399 e. The molecule has 1 aliphatic heterocycles. The Bertz CT molecular complexity index is 597. The number of nitrogens with two attached hydrogens (primary N) is 1. The van der Waals surface area contributed by atoms with Gasteiger partial charge in [0.1, 0.15) is 0 Å². The molecule has 0 aliphatic carbocycles. The number of hydrogen-bond donors (Lipinski definition) is 2. The third-order valence-corrected chi connectivity index (χ3v) is 4.03. The van der Waals surface area contributed by atoms with Crippen molar-refractivity contribution in [1.82, 2.24) is 19.8 Å². The Labute approximate surface area is 125 Å². The summed E-state index contributed by atoms with van der Waals surface area (Å²) in [4.78, 5) is 15.1. The van der Waals surface area contributed by atoms with Gasteiger partial charge in [0.25, 0.3) is 0 Å². The molecule has 0 amide bonds. The first-order valence-corrected chi connectivity index (χ1v) is 7.49. The topological polar surface area (TPSA) is 64.4 Å². The number of nitrogens with zero attached hydrogens (tertiary/aromatic N) is 4. The van der Waals surface area contributed by atoms with E-state index < -0.39 is 0 Å². The molecular weight excluding hydrogens is 264 g/mol. The molecule has 2 aromatic rings. The molecule has 0 unspecified atom stereocenters. The van der Waals surface area contributed by atoms with Gasteiger partial charge >= 0.3 is 0 Å². The second kappa shape index (κ2) is 5.91. The number of likely N-dealkylation sites (N-methyl/N-ethyl adjacent to an activating group) is 1. The van der Waals surface area contributed by atoms with Gasteiger partial charge in [0.15, 0.2) is 0 Å². The van der Waals surface area contributed by atoms with Crippen molar-refractivity contribution < 1.29 is 0 Å². The van der Waals surface area contributed by atoms with E-state index >= 15 is 0 Å². The Morgan fingerprint density at radius 3 is 2.71 bits per heavy atom. The van der Waals surface area contributed by atoms with Crippen molar-refractivity contribution in [3.05, 3.63) is 18.2 Å². The monoisotopic (exact) mass is 288 g/mol. The van der Waals surface area contributed by atoms with Gasteiger partial charge < -0.3 is 20.5 Å². The fraction of sp³-hybridized carbons (Fsp3) is 0.533. The summed E-state index contributed by atoms with van der Waals surface area (Å²) in [5.41, 5.74) is 8.58. The summed E-state index contributed by atoms with van der Waals surface area (Å²) in [6, 6.07) is 5.81. The molecular formula is C15H24N6. The number of benzene rings is 1. The van der Waals surface area contributed by atoms with Crippen LogP contribution in [-0.2, 0) is 0 Å². The average molecular weight is 288 g/mol. The van der Waals surface area contributed by atoms with Crippen LogP contribution in [0.25, 0.3) is 11.0 Å². The summed E-state index contributed by atoms with van der Waals surface area (Å²) in [5.74, 6) is 0.961. The van der Waals surface area contributed by atoms with Crippen LogP contribution in [-0.4, -0.2) is 73.1 Å². The lowest BCUT2D eigenvalue weighted by Crippen LogP contribution is -2.48. The third kappa shape index (κ3) is 3.28. The molecule has 1 aromatic carbocycles. The number of fused-ring (bicyclic) bond motifs is 1. The van der Waals surface area contributed by atoms with E-state index in [9.17, 15) is 0 Å². The molecule has 1 fully saturated rings. The highest BCUT2D eigenvalue weighted by Crippen LogP contribution is 2.20. The molecule has 0 bridgehead atoms. The van der Waals surface area contributed by atoms with Crippen LogP contribution in [0, 0.1) is 0 Å². The Hall–Kier alpha value is -1.79.